The first kappa shape index (κ1) is 27.6. The number of nitrogens with zero attached hydrogens (tertiary/aromatic N) is 5. The van der Waals surface area contributed by atoms with Crippen molar-refractivity contribution < 1.29 is 4.39 Å². The minimum Gasteiger partial charge on any atom is -0.316 e. The first-order valence-electron chi connectivity index (χ1n) is 14.0. The van der Waals surface area contributed by atoms with E-state index < -0.39 is 0 Å². The van der Waals surface area contributed by atoms with Gasteiger partial charge in [0.2, 0.25) is 0 Å². The Kier molecular flexibility index (Phi) is 10.3. The van der Waals surface area contributed by atoms with Gasteiger partial charge in [-0.3, -0.25) is 4.79 Å². The molecule has 0 saturated heterocycles. The van der Waals surface area contributed by atoms with Crippen LogP contribution in [0.1, 0.15) is 100 Å². The van der Waals surface area contributed by atoms with E-state index in [0.717, 1.165) is 67.1 Å². The average Bonchev–Trinajstić information content (AvgIpc) is 3.55. The summed E-state index contributed by atoms with van der Waals surface area (Å²) in [5.74, 6) is 2.34. The van der Waals surface area contributed by atoms with Gasteiger partial charge in [0.15, 0.2) is 11.0 Å². The van der Waals surface area contributed by atoms with Crippen molar-refractivity contribution in [3.8, 4) is 0 Å². The van der Waals surface area contributed by atoms with Crippen LogP contribution in [0.4, 0.5) is 4.39 Å². The number of rotatable bonds is 15. The number of aromatic nitrogens is 5. The number of hydrogen-bond donors (Lipinski definition) is 0. The standard InChI is InChI=1S/C29H40FN5OS/c1-3-5-6-7-8-9-10-11-15-26-32-33-27(34(26)4-2)20-35-25-14-12-13-24(25)28(36)31-29(35)37-21-22-16-18-23(30)19-17-22/h16-19H,3-15,20-21H2,1-2H3. The van der Waals surface area contributed by atoms with Crippen molar-refractivity contribution in [2.75, 3.05) is 0 Å². The van der Waals surface area contributed by atoms with Crippen molar-refractivity contribution >= 4 is 11.8 Å². The van der Waals surface area contributed by atoms with Crippen LogP contribution in [0.5, 0.6) is 0 Å². The molecule has 0 saturated carbocycles. The summed E-state index contributed by atoms with van der Waals surface area (Å²) in [7, 11) is 0. The minimum atomic E-state index is -0.247. The van der Waals surface area contributed by atoms with Gasteiger partial charge in [-0.05, 0) is 50.3 Å². The van der Waals surface area contributed by atoms with E-state index in [1.165, 1.54) is 68.8 Å². The molecule has 0 radical (unpaired) electrons. The first-order valence-corrected chi connectivity index (χ1v) is 15.0. The summed E-state index contributed by atoms with van der Waals surface area (Å²) in [5.41, 5.74) is 2.81. The average molecular weight is 526 g/mol. The Morgan fingerprint density at radius 2 is 1.59 bits per heavy atom. The highest BCUT2D eigenvalue weighted by molar-refractivity contribution is 7.98. The molecule has 6 nitrogen and oxygen atoms in total. The van der Waals surface area contributed by atoms with Gasteiger partial charge in [-0.15, -0.1) is 10.2 Å². The van der Waals surface area contributed by atoms with E-state index in [4.69, 9.17) is 0 Å². The Bertz CT molecular complexity index is 1200. The van der Waals surface area contributed by atoms with Crippen molar-refractivity contribution in [2.45, 2.75) is 115 Å². The largest absolute Gasteiger partial charge is 0.316 e. The van der Waals surface area contributed by atoms with Gasteiger partial charge in [0.1, 0.15) is 11.6 Å². The number of hydrogen-bond acceptors (Lipinski definition) is 5. The maximum Gasteiger partial charge on any atom is 0.277 e. The van der Waals surface area contributed by atoms with Crippen molar-refractivity contribution in [2.24, 2.45) is 0 Å². The molecule has 4 rings (SSSR count). The van der Waals surface area contributed by atoms with Gasteiger partial charge in [-0.2, -0.15) is 4.98 Å². The first-order chi connectivity index (χ1) is 18.1. The summed E-state index contributed by atoms with van der Waals surface area (Å²) >= 11 is 1.52. The third-order valence-electron chi connectivity index (χ3n) is 7.26. The molecule has 3 aromatic rings. The molecule has 0 aliphatic heterocycles. The maximum atomic E-state index is 13.3. The molecule has 0 fully saturated rings. The van der Waals surface area contributed by atoms with Crippen molar-refractivity contribution in [3.63, 3.8) is 0 Å². The van der Waals surface area contributed by atoms with Crippen molar-refractivity contribution in [3.05, 3.63) is 68.9 Å². The predicted molar refractivity (Wildman–Crippen MR) is 148 cm³/mol. The summed E-state index contributed by atoms with van der Waals surface area (Å²) in [6.07, 6.45) is 13.9. The van der Waals surface area contributed by atoms with Crippen molar-refractivity contribution in [1.82, 2.24) is 24.3 Å². The van der Waals surface area contributed by atoms with Crippen LogP contribution in [0, 0.1) is 5.82 Å². The summed E-state index contributed by atoms with van der Waals surface area (Å²) in [5, 5.41) is 9.84. The molecular weight excluding hydrogens is 485 g/mol. The van der Waals surface area contributed by atoms with Gasteiger partial charge in [0.05, 0.1) is 6.54 Å². The zero-order valence-corrected chi connectivity index (χ0v) is 23.2. The van der Waals surface area contributed by atoms with E-state index in [1.54, 1.807) is 12.1 Å². The van der Waals surface area contributed by atoms with Gasteiger partial charge >= 0.3 is 0 Å². The molecule has 2 heterocycles. The second kappa shape index (κ2) is 13.9. The fourth-order valence-electron chi connectivity index (χ4n) is 5.19. The molecule has 1 aliphatic carbocycles. The molecule has 1 aliphatic rings. The number of benzene rings is 1. The molecule has 0 spiro atoms. The van der Waals surface area contributed by atoms with E-state index in [9.17, 15) is 9.18 Å². The summed E-state index contributed by atoms with van der Waals surface area (Å²) < 4.78 is 17.7. The van der Waals surface area contributed by atoms with Crippen molar-refractivity contribution in [1.29, 1.82) is 0 Å². The Balaban J connectivity index is 1.45. The second-order valence-corrected chi connectivity index (χ2v) is 10.9. The van der Waals surface area contributed by atoms with Gasteiger partial charge in [0.25, 0.3) is 5.56 Å². The fourth-order valence-corrected chi connectivity index (χ4v) is 6.15. The number of halogens is 1. The van der Waals surface area contributed by atoms with E-state index in [0.29, 0.717) is 17.5 Å². The lowest BCUT2D eigenvalue weighted by Gasteiger charge is -2.17. The molecular formula is C29H40FN5OS. The summed E-state index contributed by atoms with van der Waals surface area (Å²) in [4.78, 5) is 17.2. The van der Waals surface area contributed by atoms with Gasteiger partial charge < -0.3 is 9.13 Å². The lowest BCUT2D eigenvalue weighted by Crippen LogP contribution is -2.23. The lowest BCUT2D eigenvalue weighted by atomic mass is 10.1. The van der Waals surface area contributed by atoms with Gasteiger partial charge in [-0.1, -0.05) is 75.8 Å². The second-order valence-electron chi connectivity index (χ2n) is 9.98. The fraction of sp³-hybridized carbons (Fsp3) is 0.586. The Labute approximate surface area is 224 Å². The molecule has 8 heteroatoms. The normalized spacial score (nSPS) is 12.8. The molecule has 37 heavy (non-hydrogen) atoms. The van der Waals surface area contributed by atoms with Crippen LogP contribution in [0.25, 0.3) is 0 Å². The zero-order valence-electron chi connectivity index (χ0n) is 22.3. The smallest absolute Gasteiger partial charge is 0.277 e. The topological polar surface area (TPSA) is 65.6 Å². The van der Waals surface area contributed by atoms with Crippen LogP contribution in [0.3, 0.4) is 0 Å². The molecule has 0 unspecified atom stereocenters. The number of fused-ring (bicyclic) bond motifs is 1. The Morgan fingerprint density at radius 1 is 0.892 bits per heavy atom. The van der Waals surface area contributed by atoms with E-state index in [1.807, 2.05) is 0 Å². The molecule has 200 valence electrons. The number of aryl methyl sites for hydroxylation is 1. The third kappa shape index (κ3) is 7.30. The van der Waals surface area contributed by atoms with Crippen LogP contribution in [-0.4, -0.2) is 24.3 Å². The Hall–Kier alpha value is -2.48. The molecule has 0 bridgehead atoms. The van der Waals surface area contributed by atoms with E-state index >= 15 is 0 Å². The molecule has 2 aromatic heterocycles. The highest BCUT2D eigenvalue weighted by atomic mass is 32.2. The van der Waals surface area contributed by atoms with Crippen LogP contribution in [-0.2, 0) is 38.1 Å². The zero-order chi connectivity index (χ0) is 26.0. The molecule has 0 amide bonds. The summed E-state index contributed by atoms with van der Waals surface area (Å²) in [6.45, 7) is 5.78. The SMILES string of the molecule is CCCCCCCCCCc1nnc(Cn2c(SCc3ccc(F)cc3)nc(=O)c3c2CCC3)n1CC. The molecule has 0 atom stereocenters. The summed E-state index contributed by atoms with van der Waals surface area (Å²) in [6, 6.07) is 6.50. The minimum absolute atomic E-state index is 0.113. The van der Waals surface area contributed by atoms with E-state index in [-0.39, 0.29) is 11.4 Å². The quantitative estimate of drug-likeness (QED) is 0.129. The van der Waals surface area contributed by atoms with Crippen LogP contribution >= 0.6 is 11.8 Å². The maximum absolute atomic E-state index is 13.3. The van der Waals surface area contributed by atoms with E-state index in [2.05, 4.69) is 38.2 Å². The van der Waals surface area contributed by atoms with Gasteiger partial charge in [0, 0.05) is 30.0 Å². The van der Waals surface area contributed by atoms with Crippen LogP contribution in [0.15, 0.2) is 34.2 Å². The Morgan fingerprint density at radius 3 is 2.32 bits per heavy atom. The highest BCUT2D eigenvalue weighted by Gasteiger charge is 2.23. The monoisotopic (exact) mass is 525 g/mol. The predicted octanol–water partition coefficient (Wildman–Crippen LogP) is 6.51. The lowest BCUT2D eigenvalue weighted by molar-refractivity contribution is 0.551. The van der Waals surface area contributed by atoms with Crippen LogP contribution < -0.4 is 5.56 Å². The number of unbranched alkanes of at least 4 members (excludes halogenated alkanes) is 7. The third-order valence-corrected chi connectivity index (χ3v) is 8.30. The molecule has 0 N–H and O–H groups in total. The van der Waals surface area contributed by atoms with Gasteiger partial charge in [-0.25, -0.2) is 4.39 Å². The molecule has 1 aromatic carbocycles. The van der Waals surface area contributed by atoms with Crippen LogP contribution in [0.2, 0.25) is 0 Å². The highest BCUT2D eigenvalue weighted by Crippen LogP contribution is 2.27. The number of thioether (sulfide) groups is 1.